The Morgan fingerprint density at radius 1 is 1.17 bits per heavy atom. The fourth-order valence-electron chi connectivity index (χ4n) is 2.27. The van der Waals surface area contributed by atoms with Gasteiger partial charge in [-0.1, -0.05) is 6.07 Å². The minimum Gasteiger partial charge on any atom is -0.496 e. The van der Waals surface area contributed by atoms with Gasteiger partial charge in [0, 0.05) is 0 Å². The van der Waals surface area contributed by atoms with E-state index in [1.807, 2.05) is 0 Å². The Kier molecular flexibility index (Phi) is 6.58. The fraction of sp³-hybridized carbons (Fsp3) is 0.600. The predicted molar refractivity (Wildman–Crippen MR) is 82.2 cm³/mol. The van der Waals surface area contributed by atoms with Gasteiger partial charge in [0.1, 0.15) is 5.75 Å². The summed E-state index contributed by atoms with van der Waals surface area (Å²) in [5, 5.41) is 3.45. The molecule has 0 saturated heterocycles. The van der Waals surface area contributed by atoms with Gasteiger partial charge >= 0.3 is 0 Å². The molecule has 3 heteroatoms. The summed E-state index contributed by atoms with van der Waals surface area (Å²) in [6.07, 6.45) is 2.20. The predicted octanol–water partition coefficient (Wildman–Crippen LogP) is 3.07. The lowest BCUT2D eigenvalue weighted by Crippen LogP contribution is -2.19. The van der Waals surface area contributed by atoms with E-state index in [2.05, 4.69) is 44.8 Å². The molecule has 102 valence electrons. The molecule has 1 rings (SSSR count). The highest BCUT2D eigenvalue weighted by Crippen LogP contribution is 2.28. The molecule has 0 fully saturated rings. The number of nitrogens with one attached hydrogen (secondary N) is 1. The zero-order valence-electron chi connectivity index (χ0n) is 12.0. The first-order valence-electron chi connectivity index (χ1n) is 6.57. The van der Waals surface area contributed by atoms with Crippen molar-refractivity contribution >= 4 is 12.6 Å². The highest BCUT2D eigenvalue weighted by Gasteiger charge is 2.09. The summed E-state index contributed by atoms with van der Waals surface area (Å²) >= 11 is 4.20. The molecule has 0 amide bonds. The van der Waals surface area contributed by atoms with E-state index in [1.54, 1.807) is 7.11 Å². The van der Waals surface area contributed by atoms with Crippen molar-refractivity contribution in [2.24, 2.45) is 0 Å². The van der Waals surface area contributed by atoms with E-state index in [1.165, 1.54) is 22.3 Å². The molecule has 0 atom stereocenters. The molecule has 1 aromatic rings. The van der Waals surface area contributed by atoms with Gasteiger partial charge in [0.2, 0.25) is 0 Å². The maximum absolute atomic E-state index is 5.45. The van der Waals surface area contributed by atoms with Crippen LogP contribution in [0.25, 0.3) is 0 Å². The molecule has 18 heavy (non-hydrogen) atoms. The largest absolute Gasteiger partial charge is 0.496 e. The molecular formula is C15H25NOS. The summed E-state index contributed by atoms with van der Waals surface area (Å²) in [4.78, 5) is 0. The molecule has 2 nitrogen and oxygen atoms in total. The van der Waals surface area contributed by atoms with Gasteiger partial charge in [-0.05, 0) is 74.7 Å². The van der Waals surface area contributed by atoms with E-state index in [0.717, 1.165) is 37.4 Å². The van der Waals surface area contributed by atoms with E-state index in [9.17, 15) is 0 Å². The van der Waals surface area contributed by atoms with Crippen LogP contribution in [0.1, 0.15) is 28.7 Å². The molecule has 0 aromatic heterocycles. The lowest BCUT2D eigenvalue weighted by molar-refractivity contribution is 0.408. The van der Waals surface area contributed by atoms with Crippen LogP contribution in [-0.2, 0) is 6.42 Å². The highest BCUT2D eigenvalue weighted by molar-refractivity contribution is 7.80. The van der Waals surface area contributed by atoms with Crippen molar-refractivity contribution in [3.63, 3.8) is 0 Å². The van der Waals surface area contributed by atoms with Crippen LogP contribution < -0.4 is 10.1 Å². The Balaban J connectivity index is 2.66. The minimum atomic E-state index is 0.951. The van der Waals surface area contributed by atoms with Gasteiger partial charge in [-0.3, -0.25) is 0 Å². The van der Waals surface area contributed by atoms with Crippen molar-refractivity contribution in [1.82, 2.24) is 5.32 Å². The third kappa shape index (κ3) is 3.92. The third-order valence-corrected chi connectivity index (χ3v) is 3.74. The lowest BCUT2D eigenvalue weighted by Gasteiger charge is -2.15. The summed E-state index contributed by atoms with van der Waals surface area (Å²) in [5.41, 5.74) is 5.27. The first-order chi connectivity index (χ1) is 8.61. The maximum Gasteiger partial charge on any atom is 0.124 e. The van der Waals surface area contributed by atoms with Crippen molar-refractivity contribution in [1.29, 1.82) is 0 Å². The number of rotatable bonds is 7. The number of aryl methyl sites for hydroxylation is 1. The second kappa shape index (κ2) is 7.70. The summed E-state index contributed by atoms with van der Waals surface area (Å²) in [6.45, 7) is 8.51. The normalized spacial score (nSPS) is 10.7. The van der Waals surface area contributed by atoms with Gasteiger partial charge in [0.15, 0.2) is 0 Å². The molecule has 0 saturated carbocycles. The fourth-order valence-corrected chi connectivity index (χ4v) is 2.43. The quantitative estimate of drug-likeness (QED) is 0.585. The SMILES string of the molecule is COc1c(C)cc(CCNCCCS)c(C)c1C. The standard InChI is InChI=1S/C15H25NOS/c1-11-10-14(6-8-16-7-5-9-18)12(2)13(3)15(11)17-4/h10,16,18H,5-9H2,1-4H3. The molecule has 0 aliphatic heterocycles. The summed E-state index contributed by atoms with van der Waals surface area (Å²) in [6, 6.07) is 2.25. The smallest absolute Gasteiger partial charge is 0.124 e. The molecule has 0 aliphatic carbocycles. The van der Waals surface area contributed by atoms with Gasteiger partial charge in [0.05, 0.1) is 7.11 Å². The highest BCUT2D eigenvalue weighted by atomic mass is 32.1. The van der Waals surface area contributed by atoms with Crippen LogP contribution in [0.5, 0.6) is 5.75 Å². The van der Waals surface area contributed by atoms with Crippen LogP contribution >= 0.6 is 12.6 Å². The molecule has 1 N–H and O–H groups in total. The maximum atomic E-state index is 5.45. The van der Waals surface area contributed by atoms with Crippen LogP contribution in [-0.4, -0.2) is 26.0 Å². The summed E-state index contributed by atoms with van der Waals surface area (Å²) in [7, 11) is 1.74. The van der Waals surface area contributed by atoms with E-state index in [4.69, 9.17) is 4.74 Å². The topological polar surface area (TPSA) is 21.3 Å². The minimum absolute atomic E-state index is 0.951. The monoisotopic (exact) mass is 267 g/mol. The van der Waals surface area contributed by atoms with E-state index in [-0.39, 0.29) is 0 Å². The van der Waals surface area contributed by atoms with Gasteiger partial charge < -0.3 is 10.1 Å². The van der Waals surface area contributed by atoms with E-state index >= 15 is 0 Å². The molecule has 1 aromatic carbocycles. The molecule has 0 radical (unpaired) electrons. The Labute approximate surface area is 117 Å². The van der Waals surface area contributed by atoms with Gasteiger partial charge in [-0.25, -0.2) is 0 Å². The van der Waals surface area contributed by atoms with Crippen LogP contribution in [0.3, 0.4) is 0 Å². The number of ether oxygens (including phenoxy) is 1. The van der Waals surface area contributed by atoms with Gasteiger partial charge in [-0.15, -0.1) is 0 Å². The number of benzene rings is 1. The van der Waals surface area contributed by atoms with Crippen LogP contribution in [0.15, 0.2) is 6.07 Å². The zero-order valence-corrected chi connectivity index (χ0v) is 12.9. The molecule has 0 aliphatic rings. The second-order valence-electron chi connectivity index (χ2n) is 4.71. The number of methoxy groups -OCH3 is 1. The summed E-state index contributed by atoms with van der Waals surface area (Å²) in [5.74, 6) is 1.98. The molecule has 0 heterocycles. The van der Waals surface area contributed by atoms with Crippen LogP contribution in [0.2, 0.25) is 0 Å². The Bertz CT molecular complexity index is 391. The third-order valence-electron chi connectivity index (χ3n) is 3.42. The van der Waals surface area contributed by atoms with Crippen molar-refractivity contribution < 1.29 is 4.74 Å². The molecule has 0 unspecified atom stereocenters. The zero-order chi connectivity index (χ0) is 13.5. The Hall–Kier alpha value is -0.670. The van der Waals surface area contributed by atoms with Crippen molar-refractivity contribution in [2.45, 2.75) is 33.6 Å². The molecular weight excluding hydrogens is 242 g/mol. The average Bonchev–Trinajstić information content (AvgIpc) is 2.35. The average molecular weight is 267 g/mol. The van der Waals surface area contributed by atoms with Gasteiger partial charge in [0.25, 0.3) is 0 Å². The molecule has 0 bridgehead atoms. The molecule has 0 spiro atoms. The summed E-state index contributed by atoms with van der Waals surface area (Å²) < 4.78 is 5.45. The van der Waals surface area contributed by atoms with E-state index in [0.29, 0.717) is 0 Å². The van der Waals surface area contributed by atoms with Crippen LogP contribution in [0.4, 0.5) is 0 Å². The Morgan fingerprint density at radius 3 is 2.50 bits per heavy atom. The van der Waals surface area contributed by atoms with Crippen molar-refractivity contribution in [2.75, 3.05) is 26.0 Å². The second-order valence-corrected chi connectivity index (χ2v) is 5.16. The van der Waals surface area contributed by atoms with Crippen molar-refractivity contribution in [3.05, 3.63) is 28.3 Å². The Morgan fingerprint density at radius 2 is 1.89 bits per heavy atom. The number of hydrogen-bond acceptors (Lipinski definition) is 3. The number of thiol groups is 1. The van der Waals surface area contributed by atoms with Crippen molar-refractivity contribution in [3.8, 4) is 5.75 Å². The van der Waals surface area contributed by atoms with Crippen LogP contribution in [0, 0.1) is 20.8 Å². The first-order valence-corrected chi connectivity index (χ1v) is 7.20. The first kappa shape index (κ1) is 15.4. The van der Waals surface area contributed by atoms with Gasteiger partial charge in [-0.2, -0.15) is 12.6 Å². The lowest BCUT2D eigenvalue weighted by atomic mass is 9.96. The number of hydrogen-bond donors (Lipinski definition) is 2. The van der Waals surface area contributed by atoms with E-state index < -0.39 is 0 Å².